The van der Waals surface area contributed by atoms with Crippen LogP contribution in [0.1, 0.15) is 0 Å². The predicted octanol–water partition coefficient (Wildman–Crippen LogP) is -0.828. The third-order valence-corrected chi connectivity index (χ3v) is 2.55. The van der Waals surface area contributed by atoms with Crippen molar-refractivity contribution in [3.63, 3.8) is 0 Å². The normalized spacial score (nSPS) is 11.9. The third kappa shape index (κ3) is 3.97. The Morgan fingerprint density at radius 1 is 1.44 bits per heavy atom. The average Bonchev–Trinajstić information content (AvgIpc) is 2.30. The van der Waals surface area contributed by atoms with Crippen molar-refractivity contribution in [2.45, 2.75) is 12.6 Å². The molecule has 8 heteroatoms. The molecule has 0 unspecified atom stereocenters. The largest absolute Gasteiger partial charge is 0.480 e. The summed E-state index contributed by atoms with van der Waals surface area (Å²) in [6, 6.07) is 1.43. The van der Waals surface area contributed by atoms with Crippen molar-refractivity contribution >= 4 is 27.8 Å². The maximum Gasteiger partial charge on any atom is 0.328 e. The zero-order chi connectivity index (χ0) is 13.7. The third-order valence-electron chi connectivity index (χ3n) is 2.08. The van der Waals surface area contributed by atoms with Gasteiger partial charge >= 0.3 is 5.97 Å². The molecule has 3 N–H and O–H groups in total. The number of carbonyl (C=O) groups excluding carboxylic acids is 1. The second-order valence-electron chi connectivity index (χ2n) is 3.45. The topological polar surface area (TPSA) is 109 Å². The highest BCUT2D eigenvalue weighted by Crippen LogP contribution is 2.04. The molecule has 0 aliphatic heterocycles. The number of aromatic nitrogens is 1. The number of nitrogens with one attached hydrogen (secondary N) is 1. The van der Waals surface area contributed by atoms with Crippen LogP contribution in [-0.4, -0.2) is 39.3 Å². The molecule has 0 spiro atoms. The van der Waals surface area contributed by atoms with Crippen LogP contribution in [0.2, 0.25) is 0 Å². The number of nitrogens with zero attached hydrogens (tertiary/aromatic N) is 1. The second-order valence-corrected chi connectivity index (χ2v) is 4.37. The van der Waals surface area contributed by atoms with E-state index in [2.05, 4.69) is 21.2 Å². The summed E-state index contributed by atoms with van der Waals surface area (Å²) in [5, 5.41) is 19.5. The van der Waals surface area contributed by atoms with Crippen molar-refractivity contribution in [2.24, 2.45) is 0 Å². The molecule has 1 atom stereocenters. The smallest absolute Gasteiger partial charge is 0.328 e. The van der Waals surface area contributed by atoms with Crippen LogP contribution >= 0.6 is 15.9 Å². The van der Waals surface area contributed by atoms with Crippen molar-refractivity contribution in [3.8, 4) is 0 Å². The minimum absolute atomic E-state index is 0.317. The number of rotatable bonds is 5. The van der Waals surface area contributed by atoms with Crippen LogP contribution in [0.4, 0.5) is 0 Å². The highest BCUT2D eigenvalue weighted by molar-refractivity contribution is 9.10. The zero-order valence-electron chi connectivity index (χ0n) is 9.17. The number of pyridine rings is 1. The first-order valence-corrected chi connectivity index (χ1v) is 5.72. The van der Waals surface area contributed by atoms with Gasteiger partial charge in [-0.3, -0.25) is 9.59 Å². The first kappa shape index (κ1) is 14.4. The molecule has 0 saturated heterocycles. The number of aliphatic hydroxyl groups is 1. The standard InChI is InChI=1S/C10H11BrN2O5/c11-6-1-2-9(16)13(3-6)4-8(15)12-7(5-14)10(17)18/h1-3,7,14H,4-5H2,(H,12,15)(H,17,18)/t7-/m1/s1. The van der Waals surface area contributed by atoms with E-state index in [4.69, 9.17) is 10.2 Å². The van der Waals surface area contributed by atoms with Crippen LogP contribution < -0.4 is 10.9 Å². The Kier molecular flexibility index (Phi) is 5.05. The molecule has 1 heterocycles. The van der Waals surface area contributed by atoms with E-state index < -0.39 is 24.5 Å². The van der Waals surface area contributed by atoms with Gasteiger partial charge in [0, 0.05) is 16.7 Å². The first-order valence-electron chi connectivity index (χ1n) is 4.93. The van der Waals surface area contributed by atoms with E-state index in [1.54, 1.807) is 0 Å². The maximum absolute atomic E-state index is 11.5. The number of hydrogen-bond donors (Lipinski definition) is 3. The Hall–Kier alpha value is -1.67. The van der Waals surface area contributed by atoms with E-state index in [-0.39, 0.29) is 12.1 Å². The minimum atomic E-state index is -1.37. The Morgan fingerprint density at radius 3 is 2.67 bits per heavy atom. The monoisotopic (exact) mass is 318 g/mol. The van der Waals surface area contributed by atoms with Gasteiger partial charge in [0.1, 0.15) is 12.6 Å². The van der Waals surface area contributed by atoms with Gasteiger partial charge in [-0.2, -0.15) is 0 Å². The fraction of sp³-hybridized carbons (Fsp3) is 0.300. The number of carboxylic acid groups (broad SMARTS) is 1. The van der Waals surface area contributed by atoms with E-state index in [0.717, 1.165) is 4.57 Å². The molecule has 1 aromatic heterocycles. The SMILES string of the molecule is O=C(Cn1cc(Br)ccc1=O)N[C@H](CO)C(=O)O. The molecule has 1 amide bonds. The Balaban J connectivity index is 2.73. The number of amides is 1. The molecule has 0 fully saturated rings. The van der Waals surface area contributed by atoms with Crippen LogP contribution in [0.25, 0.3) is 0 Å². The summed E-state index contributed by atoms with van der Waals surface area (Å²) in [6.45, 7) is -1.03. The van der Waals surface area contributed by atoms with Gasteiger partial charge in [0.2, 0.25) is 5.91 Å². The number of aliphatic carboxylic acids is 1. The number of halogens is 1. The summed E-state index contributed by atoms with van der Waals surface area (Å²) >= 11 is 3.15. The lowest BCUT2D eigenvalue weighted by atomic mass is 10.3. The molecule has 1 aromatic rings. The summed E-state index contributed by atoms with van der Waals surface area (Å²) in [5.41, 5.74) is -0.385. The molecular formula is C10H11BrN2O5. The molecule has 1 rings (SSSR count). The zero-order valence-corrected chi connectivity index (χ0v) is 10.8. The lowest BCUT2D eigenvalue weighted by Crippen LogP contribution is -2.45. The molecule has 0 bridgehead atoms. The fourth-order valence-electron chi connectivity index (χ4n) is 1.21. The van der Waals surface area contributed by atoms with Crippen molar-refractivity contribution < 1.29 is 19.8 Å². The number of carboxylic acids is 1. The first-order chi connectivity index (χ1) is 8.43. The molecule has 0 aliphatic rings. The Bertz CT molecular complexity index is 513. The van der Waals surface area contributed by atoms with Crippen LogP contribution in [0.5, 0.6) is 0 Å². The number of hydrogen-bond acceptors (Lipinski definition) is 4. The van der Waals surface area contributed by atoms with Gasteiger partial charge in [-0.25, -0.2) is 4.79 Å². The second kappa shape index (κ2) is 6.31. The minimum Gasteiger partial charge on any atom is -0.480 e. The highest BCUT2D eigenvalue weighted by Gasteiger charge is 2.18. The summed E-state index contributed by atoms with van der Waals surface area (Å²) in [6.07, 6.45) is 1.41. The maximum atomic E-state index is 11.5. The number of aliphatic hydroxyl groups excluding tert-OH is 1. The molecule has 7 nitrogen and oxygen atoms in total. The van der Waals surface area contributed by atoms with Crippen LogP contribution in [0, 0.1) is 0 Å². The lowest BCUT2D eigenvalue weighted by Gasteiger charge is -2.12. The van der Waals surface area contributed by atoms with Gasteiger partial charge in [0.05, 0.1) is 6.61 Å². The van der Waals surface area contributed by atoms with E-state index in [0.29, 0.717) is 4.47 Å². The van der Waals surface area contributed by atoms with E-state index in [1.807, 2.05) is 0 Å². The van der Waals surface area contributed by atoms with Gasteiger partial charge in [-0.15, -0.1) is 0 Å². The van der Waals surface area contributed by atoms with Crippen molar-refractivity contribution in [1.82, 2.24) is 9.88 Å². The molecule has 98 valence electrons. The van der Waals surface area contributed by atoms with Crippen LogP contribution in [-0.2, 0) is 16.1 Å². The fourth-order valence-corrected chi connectivity index (χ4v) is 1.59. The molecular weight excluding hydrogens is 308 g/mol. The predicted molar refractivity (Wildman–Crippen MR) is 65.1 cm³/mol. The van der Waals surface area contributed by atoms with E-state index >= 15 is 0 Å². The Labute approximate surface area is 110 Å². The van der Waals surface area contributed by atoms with Crippen molar-refractivity contribution in [3.05, 3.63) is 33.2 Å². The number of carbonyl (C=O) groups is 2. The summed E-state index contributed by atoms with van der Waals surface area (Å²) in [4.78, 5) is 33.5. The van der Waals surface area contributed by atoms with Gasteiger partial charge < -0.3 is 20.1 Å². The van der Waals surface area contributed by atoms with Crippen molar-refractivity contribution in [2.75, 3.05) is 6.61 Å². The highest BCUT2D eigenvalue weighted by atomic mass is 79.9. The van der Waals surface area contributed by atoms with E-state index in [1.165, 1.54) is 18.3 Å². The molecule has 0 aromatic carbocycles. The molecule has 18 heavy (non-hydrogen) atoms. The van der Waals surface area contributed by atoms with Gasteiger partial charge in [0.25, 0.3) is 5.56 Å². The molecule has 0 radical (unpaired) electrons. The molecule has 0 aliphatic carbocycles. The summed E-state index contributed by atoms with van der Waals surface area (Å²) < 4.78 is 1.74. The lowest BCUT2D eigenvalue weighted by molar-refractivity contribution is -0.143. The van der Waals surface area contributed by atoms with Gasteiger partial charge in [0.15, 0.2) is 0 Å². The molecule has 0 saturated carbocycles. The van der Waals surface area contributed by atoms with Crippen LogP contribution in [0.3, 0.4) is 0 Å². The average molecular weight is 319 g/mol. The van der Waals surface area contributed by atoms with Gasteiger partial charge in [-0.1, -0.05) is 0 Å². The van der Waals surface area contributed by atoms with Gasteiger partial charge in [-0.05, 0) is 22.0 Å². The van der Waals surface area contributed by atoms with Crippen molar-refractivity contribution in [1.29, 1.82) is 0 Å². The summed E-state index contributed by atoms with van der Waals surface area (Å²) in [7, 11) is 0. The quantitative estimate of drug-likeness (QED) is 0.657. The van der Waals surface area contributed by atoms with Crippen LogP contribution in [0.15, 0.2) is 27.6 Å². The Morgan fingerprint density at radius 2 is 2.11 bits per heavy atom. The van der Waals surface area contributed by atoms with E-state index in [9.17, 15) is 14.4 Å². The summed E-state index contributed by atoms with van der Waals surface area (Å²) in [5.74, 6) is -2.01.